The summed E-state index contributed by atoms with van der Waals surface area (Å²) in [5, 5.41) is 0. The van der Waals surface area contributed by atoms with Gasteiger partial charge >= 0.3 is 6.36 Å². The molecule has 0 saturated carbocycles. The Kier molecular flexibility index (Phi) is 7.15. The maximum absolute atomic E-state index is 12.4. The largest absolute Gasteiger partial charge is 0.573 e. The van der Waals surface area contributed by atoms with Crippen molar-refractivity contribution in [2.45, 2.75) is 19.9 Å². The molecule has 3 nitrogen and oxygen atoms in total. The molecule has 6 heteroatoms. The third-order valence-electron chi connectivity index (χ3n) is 4.57. The van der Waals surface area contributed by atoms with Crippen molar-refractivity contribution in [2.75, 3.05) is 0 Å². The van der Waals surface area contributed by atoms with Gasteiger partial charge in [0.2, 0.25) is 0 Å². The SMILES string of the molecule is C=CC(=O)/C=C/c1cc(-c2ccc(OC(F)(F)F)cc2)ccc1OCc1ccc(C)cc1. The molecule has 3 aromatic rings. The van der Waals surface area contributed by atoms with Crippen LogP contribution in [0.4, 0.5) is 13.2 Å². The van der Waals surface area contributed by atoms with Crippen LogP contribution >= 0.6 is 0 Å². The van der Waals surface area contributed by atoms with Crippen molar-refractivity contribution in [1.82, 2.24) is 0 Å². The topological polar surface area (TPSA) is 35.5 Å². The highest BCUT2D eigenvalue weighted by molar-refractivity contribution is 6.01. The Morgan fingerprint density at radius 1 is 0.969 bits per heavy atom. The summed E-state index contributed by atoms with van der Waals surface area (Å²) in [4.78, 5) is 11.7. The van der Waals surface area contributed by atoms with Crippen molar-refractivity contribution in [3.63, 3.8) is 0 Å². The summed E-state index contributed by atoms with van der Waals surface area (Å²) in [5.41, 5.74) is 4.24. The average Bonchev–Trinajstić information content (AvgIpc) is 2.77. The monoisotopic (exact) mass is 438 g/mol. The summed E-state index contributed by atoms with van der Waals surface area (Å²) >= 11 is 0. The molecule has 0 aliphatic rings. The molecule has 0 atom stereocenters. The number of halogens is 3. The van der Waals surface area contributed by atoms with Crippen LogP contribution in [0.2, 0.25) is 0 Å². The third-order valence-corrected chi connectivity index (χ3v) is 4.57. The summed E-state index contributed by atoms with van der Waals surface area (Å²) in [6.07, 6.45) is -0.537. The van der Waals surface area contributed by atoms with Gasteiger partial charge in [-0.05, 0) is 66.1 Å². The lowest BCUT2D eigenvalue weighted by Crippen LogP contribution is -2.16. The van der Waals surface area contributed by atoms with E-state index in [2.05, 4.69) is 11.3 Å². The molecule has 0 radical (unpaired) electrons. The molecule has 32 heavy (non-hydrogen) atoms. The van der Waals surface area contributed by atoms with Gasteiger partial charge in [-0.3, -0.25) is 4.79 Å². The summed E-state index contributed by atoms with van der Waals surface area (Å²) in [7, 11) is 0. The lowest BCUT2D eigenvalue weighted by atomic mass is 10.0. The van der Waals surface area contributed by atoms with Gasteiger partial charge in [-0.15, -0.1) is 13.2 Å². The van der Waals surface area contributed by atoms with E-state index in [0.717, 1.165) is 16.7 Å². The maximum Gasteiger partial charge on any atom is 0.573 e. The molecule has 0 unspecified atom stereocenters. The first-order valence-electron chi connectivity index (χ1n) is 9.76. The predicted octanol–water partition coefficient (Wildman–Crippen LogP) is 6.91. The minimum atomic E-state index is -4.74. The van der Waals surface area contributed by atoms with E-state index in [9.17, 15) is 18.0 Å². The molecule has 0 heterocycles. The number of ether oxygens (including phenoxy) is 2. The van der Waals surface area contributed by atoms with Crippen molar-refractivity contribution in [3.05, 3.63) is 102 Å². The van der Waals surface area contributed by atoms with E-state index in [1.807, 2.05) is 31.2 Å². The highest BCUT2D eigenvalue weighted by atomic mass is 19.4. The van der Waals surface area contributed by atoms with Gasteiger partial charge in [-0.25, -0.2) is 0 Å². The van der Waals surface area contributed by atoms with E-state index in [1.54, 1.807) is 24.3 Å². The molecule has 0 aliphatic carbocycles. The Bertz CT molecular complexity index is 1110. The van der Waals surface area contributed by atoms with Crippen LogP contribution < -0.4 is 9.47 Å². The summed E-state index contributed by atoms with van der Waals surface area (Å²) in [6, 6.07) is 18.9. The number of hydrogen-bond donors (Lipinski definition) is 0. The van der Waals surface area contributed by atoms with Crippen LogP contribution in [0.1, 0.15) is 16.7 Å². The van der Waals surface area contributed by atoms with Crippen LogP contribution in [0.25, 0.3) is 17.2 Å². The van der Waals surface area contributed by atoms with E-state index in [1.165, 1.54) is 36.4 Å². The molecule has 0 spiro atoms. The molecule has 164 valence electrons. The zero-order valence-corrected chi connectivity index (χ0v) is 17.4. The van der Waals surface area contributed by atoms with Crippen molar-refractivity contribution in [2.24, 2.45) is 0 Å². The second-order valence-corrected chi connectivity index (χ2v) is 7.04. The zero-order valence-electron chi connectivity index (χ0n) is 17.4. The van der Waals surface area contributed by atoms with Crippen LogP contribution in [0.15, 0.2) is 85.5 Å². The van der Waals surface area contributed by atoms with Crippen LogP contribution in [0, 0.1) is 6.92 Å². The van der Waals surface area contributed by atoms with Crippen molar-refractivity contribution in [3.8, 4) is 22.6 Å². The van der Waals surface area contributed by atoms with E-state index >= 15 is 0 Å². The highest BCUT2D eigenvalue weighted by Crippen LogP contribution is 2.31. The lowest BCUT2D eigenvalue weighted by Gasteiger charge is -2.13. The van der Waals surface area contributed by atoms with Crippen LogP contribution in [0.5, 0.6) is 11.5 Å². The normalized spacial score (nSPS) is 11.4. The second kappa shape index (κ2) is 10.0. The molecule has 0 amide bonds. The van der Waals surface area contributed by atoms with Crippen molar-refractivity contribution < 1.29 is 27.4 Å². The van der Waals surface area contributed by atoms with E-state index < -0.39 is 6.36 Å². The Labute approximate surface area is 184 Å². The molecule has 0 saturated heterocycles. The van der Waals surface area contributed by atoms with Crippen molar-refractivity contribution in [1.29, 1.82) is 0 Å². The van der Waals surface area contributed by atoms with Crippen LogP contribution in [0.3, 0.4) is 0 Å². The average molecular weight is 438 g/mol. The van der Waals surface area contributed by atoms with E-state index in [-0.39, 0.29) is 11.5 Å². The smallest absolute Gasteiger partial charge is 0.488 e. The van der Waals surface area contributed by atoms with Crippen LogP contribution in [-0.4, -0.2) is 12.1 Å². The fourth-order valence-electron chi connectivity index (χ4n) is 2.92. The minimum absolute atomic E-state index is 0.256. The van der Waals surface area contributed by atoms with Gasteiger partial charge < -0.3 is 9.47 Å². The molecule has 0 aliphatic heterocycles. The van der Waals surface area contributed by atoms with Crippen LogP contribution in [-0.2, 0) is 11.4 Å². The van der Waals surface area contributed by atoms with Gasteiger partial charge in [0.1, 0.15) is 18.1 Å². The molecule has 0 bridgehead atoms. The Hall–Kier alpha value is -3.80. The van der Waals surface area contributed by atoms with Gasteiger partial charge in [0.05, 0.1) is 0 Å². The second-order valence-electron chi connectivity index (χ2n) is 7.04. The zero-order chi connectivity index (χ0) is 23.1. The highest BCUT2D eigenvalue weighted by Gasteiger charge is 2.30. The summed E-state index contributed by atoms with van der Waals surface area (Å²) in [6.45, 7) is 5.80. The number of alkyl halides is 3. The molecule has 0 N–H and O–H groups in total. The third kappa shape index (κ3) is 6.60. The van der Waals surface area contributed by atoms with Gasteiger partial charge in [0.15, 0.2) is 5.78 Å². The van der Waals surface area contributed by atoms with Gasteiger partial charge in [0.25, 0.3) is 0 Å². The molecular weight excluding hydrogens is 417 g/mol. The first-order valence-corrected chi connectivity index (χ1v) is 9.76. The maximum atomic E-state index is 12.4. The number of allylic oxidation sites excluding steroid dienone is 2. The van der Waals surface area contributed by atoms with Crippen molar-refractivity contribution >= 4 is 11.9 Å². The predicted molar refractivity (Wildman–Crippen MR) is 118 cm³/mol. The Morgan fingerprint density at radius 2 is 1.62 bits per heavy atom. The Balaban J connectivity index is 1.86. The molecule has 0 fully saturated rings. The Morgan fingerprint density at radius 3 is 2.25 bits per heavy atom. The fourth-order valence-corrected chi connectivity index (χ4v) is 2.92. The summed E-state index contributed by atoms with van der Waals surface area (Å²) < 4.78 is 47.0. The fraction of sp³-hybridized carbons (Fsp3) is 0.115. The molecular formula is C26H21F3O3. The lowest BCUT2D eigenvalue weighted by molar-refractivity contribution is -0.274. The molecule has 0 aromatic heterocycles. The van der Waals surface area contributed by atoms with Gasteiger partial charge in [0, 0.05) is 5.56 Å². The minimum Gasteiger partial charge on any atom is -0.488 e. The van der Waals surface area contributed by atoms with E-state index in [0.29, 0.717) is 23.5 Å². The molecule has 3 aromatic carbocycles. The number of hydrogen-bond acceptors (Lipinski definition) is 3. The number of carbonyl (C=O) groups is 1. The summed E-state index contributed by atoms with van der Waals surface area (Å²) in [5.74, 6) is 0.0176. The molecule has 3 rings (SSSR count). The first-order chi connectivity index (χ1) is 15.2. The van der Waals surface area contributed by atoms with E-state index in [4.69, 9.17) is 4.74 Å². The number of benzene rings is 3. The quantitative estimate of drug-likeness (QED) is 0.359. The van der Waals surface area contributed by atoms with Gasteiger partial charge in [-0.2, -0.15) is 0 Å². The van der Waals surface area contributed by atoms with Gasteiger partial charge in [-0.1, -0.05) is 54.6 Å². The first kappa shape index (κ1) is 22.9. The number of carbonyl (C=O) groups excluding carboxylic acids is 1. The number of ketones is 1. The standard InChI is InChI=1S/C26H21F3O3/c1-3-23(30)12-8-22-16-21(20-9-13-24(14-10-20)32-26(27,28)29)11-15-25(22)31-17-19-6-4-18(2)5-7-19/h3-16H,1,17H2,2H3/b12-8+. The number of aryl methyl sites for hydroxylation is 1. The number of rotatable bonds is 8.